The van der Waals surface area contributed by atoms with Crippen LogP contribution in [0.15, 0.2) is 58.2 Å². The number of nitrogens with zero attached hydrogens (tertiary/aromatic N) is 1. The van der Waals surface area contributed by atoms with E-state index in [1.807, 2.05) is 0 Å². The quantitative estimate of drug-likeness (QED) is 0.625. The Balaban J connectivity index is 1.79. The Labute approximate surface area is 142 Å². The first-order valence-electron chi connectivity index (χ1n) is 7.17. The fourth-order valence-electron chi connectivity index (χ4n) is 2.20. The Bertz CT molecular complexity index is 1100. The number of H-pyrrole nitrogens is 1. The number of rotatable bonds is 5. The second kappa shape index (κ2) is 6.46. The zero-order chi connectivity index (χ0) is 18.0. The number of hydrogen-bond acceptors (Lipinski definition) is 5. The molecule has 0 fully saturated rings. The zero-order valence-electron chi connectivity index (χ0n) is 12.8. The van der Waals surface area contributed by atoms with Gasteiger partial charge in [0, 0.05) is 11.5 Å². The van der Waals surface area contributed by atoms with Crippen molar-refractivity contribution in [1.82, 2.24) is 14.7 Å². The molecule has 8 nitrogen and oxygen atoms in total. The van der Waals surface area contributed by atoms with Crippen molar-refractivity contribution >= 4 is 27.0 Å². The number of aromatic amines is 1. The standard InChI is InChI=1S/C16H13N3O5S/c20-14-8-4-10-1-5-12(18-15(10)19-14)9-17-25(23,24)13-6-2-11(3-7-13)16(21)22/h1-8,17H,9H2,(H,21,22)(H,18,19,20). The van der Waals surface area contributed by atoms with E-state index in [1.165, 1.54) is 30.3 Å². The first kappa shape index (κ1) is 16.8. The van der Waals surface area contributed by atoms with E-state index in [-0.39, 0.29) is 22.6 Å². The minimum atomic E-state index is -3.82. The van der Waals surface area contributed by atoms with Crippen LogP contribution in [0.3, 0.4) is 0 Å². The van der Waals surface area contributed by atoms with Crippen LogP contribution in [-0.2, 0) is 16.6 Å². The van der Waals surface area contributed by atoms with Crippen LogP contribution in [-0.4, -0.2) is 29.5 Å². The van der Waals surface area contributed by atoms with E-state index in [9.17, 15) is 18.0 Å². The van der Waals surface area contributed by atoms with Gasteiger partial charge in [-0.15, -0.1) is 0 Å². The molecule has 2 aromatic heterocycles. The van der Waals surface area contributed by atoms with Crippen LogP contribution in [0.25, 0.3) is 11.0 Å². The average Bonchev–Trinajstić information content (AvgIpc) is 2.59. The average molecular weight is 359 g/mol. The molecule has 2 heterocycles. The summed E-state index contributed by atoms with van der Waals surface area (Å²) in [7, 11) is -3.82. The molecular formula is C16H13N3O5S. The molecular weight excluding hydrogens is 346 g/mol. The number of fused-ring (bicyclic) bond motifs is 1. The van der Waals surface area contributed by atoms with Gasteiger partial charge in [-0.25, -0.2) is 22.9 Å². The molecule has 0 unspecified atom stereocenters. The normalized spacial score (nSPS) is 11.5. The third kappa shape index (κ3) is 3.73. The van der Waals surface area contributed by atoms with Gasteiger partial charge in [-0.1, -0.05) is 0 Å². The van der Waals surface area contributed by atoms with E-state index in [0.717, 1.165) is 5.39 Å². The van der Waals surface area contributed by atoms with Gasteiger partial charge in [-0.05, 0) is 42.5 Å². The summed E-state index contributed by atoms with van der Waals surface area (Å²) < 4.78 is 26.9. The van der Waals surface area contributed by atoms with E-state index >= 15 is 0 Å². The molecule has 0 atom stereocenters. The molecule has 0 aliphatic heterocycles. The van der Waals surface area contributed by atoms with Crippen molar-refractivity contribution in [2.75, 3.05) is 0 Å². The van der Waals surface area contributed by atoms with Crippen LogP contribution in [0.5, 0.6) is 0 Å². The molecule has 3 N–H and O–H groups in total. The fraction of sp³-hybridized carbons (Fsp3) is 0.0625. The smallest absolute Gasteiger partial charge is 0.335 e. The number of carboxylic acids is 1. The summed E-state index contributed by atoms with van der Waals surface area (Å²) in [4.78, 5) is 28.9. The molecule has 0 aliphatic carbocycles. The minimum Gasteiger partial charge on any atom is -0.478 e. The van der Waals surface area contributed by atoms with Gasteiger partial charge in [-0.2, -0.15) is 0 Å². The Hall–Kier alpha value is -3.04. The van der Waals surface area contributed by atoms with Gasteiger partial charge in [0.25, 0.3) is 0 Å². The summed E-state index contributed by atoms with van der Waals surface area (Å²) in [6.45, 7) is -0.0735. The maximum atomic E-state index is 12.3. The minimum absolute atomic E-state index is 0.000833. The van der Waals surface area contributed by atoms with Crippen molar-refractivity contribution < 1.29 is 18.3 Å². The molecule has 0 radical (unpaired) electrons. The van der Waals surface area contributed by atoms with Crippen LogP contribution >= 0.6 is 0 Å². The lowest BCUT2D eigenvalue weighted by Crippen LogP contribution is -2.24. The second-order valence-electron chi connectivity index (χ2n) is 5.22. The number of hydrogen-bond donors (Lipinski definition) is 3. The van der Waals surface area contributed by atoms with Crippen LogP contribution in [0.4, 0.5) is 0 Å². The lowest BCUT2D eigenvalue weighted by Gasteiger charge is -2.07. The summed E-state index contributed by atoms with van der Waals surface area (Å²) in [5, 5.41) is 9.57. The molecule has 3 aromatic rings. The molecule has 0 bridgehead atoms. The lowest BCUT2D eigenvalue weighted by atomic mass is 10.2. The Kier molecular flexibility index (Phi) is 4.34. The maximum Gasteiger partial charge on any atom is 0.335 e. The highest BCUT2D eigenvalue weighted by Crippen LogP contribution is 2.12. The van der Waals surface area contributed by atoms with Gasteiger partial charge in [-0.3, -0.25) is 4.79 Å². The van der Waals surface area contributed by atoms with E-state index in [4.69, 9.17) is 5.11 Å². The van der Waals surface area contributed by atoms with Gasteiger partial charge in [0.05, 0.1) is 22.7 Å². The Morgan fingerprint density at radius 1 is 1.08 bits per heavy atom. The second-order valence-corrected chi connectivity index (χ2v) is 6.98. The number of aromatic carboxylic acids is 1. The number of carbonyl (C=O) groups is 1. The van der Waals surface area contributed by atoms with E-state index < -0.39 is 16.0 Å². The van der Waals surface area contributed by atoms with Crippen LogP contribution in [0, 0.1) is 0 Å². The number of carboxylic acid groups (broad SMARTS) is 1. The number of nitrogens with one attached hydrogen (secondary N) is 2. The zero-order valence-corrected chi connectivity index (χ0v) is 13.6. The van der Waals surface area contributed by atoms with E-state index in [2.05, 4.69) is 14.7 Å². The first-order valence-corrected chi connectivity index (χ1v) is 8.65. The van der Waals surface area contributed by atoms with Crippen molar-refractivity contribution in [1.29, 1.82) is 0 Å². The summed E-state index contributed by atoms with van der Waals surface area (Å²) in [5.74, 6) is -1.13. The lowest BCUT2D eigenvalue weighted by molar-refractivity contribution is 0.0696. The van der Waals surface area contributed by atoms with Crippen molar-refractivity contribution in [3.05, 3.63) is 70.1 Å². The van der Waals surface area contributed by atoms with Crippen molar-refractivity contribution in [3.63, 3.8) is 0 Å². The number of aromatic nitrogens is 2. The molecule has 0 saturated heterocycles. The van der Waals surface area contributed by atoms with Crippen LogP contribution < -0.4 is 10.3 Å². The number of pyridine rings is 2. The predicted octanol–water partition coefficient (Wildman–Crippen LogP) is 1.10. The summed E-state index contributed by atoms with van der Waals surface area (Å²) in [6, 6.07) is 11.3. The molecule has 25 heavy (non-hydrogen) atoms. The Morgan fingerprint density at radius 3 is 2.44 bits per heavy atom. The Morgan fingerprint density at radius 2 is 1.76 bits per heavy atom. The molecule has 0 amide bonds. The molecule has 3 rings (SSSR count). The fourth-order valence-corrected chi connectivity index (χ4v) is 3.20. The molecule has 9 heteroatoms. The van der Waals surface area contributed by atoms with Crippen LogP contribution in [0.2, 0.25) is 0 Å². The highest BCUT2D eigenvalue weighted by Gasteiger charge is 2.15. The maximum absolute atomic E-state index is 12.3. The number of sulfonamides is 1. The van der Waals surface area contributed by atoms with Gasteiger partial charge in [0.15, 0.2) is 0 Å². The van der Waals surface area contributed by atoms with Gasteiger partial charge < -0.3 is 10.1 Å². The predicted molar refractivity (Wildman–Crippen MR) is 89.8 cm³/mol. The van der Waals surface area contributed by atoms with Crippen molar-refractivity contribution in [2.45, 2.75) is 11.4 Å². The molecule has 0 aliphatic rings. The van der Waals surface area contributed by atoms with Gasteiger partial charge in [0.2, 0.25) is 15.6 Å². The largest absolute Gasteiger partial charge is 0.478 e. The van der Waals surface area contributed by atoms with Crippen molar-refractivity contribution in [3.8, 4) is 0 Å². The third-order valence-corrected chi connectivity index (χ3v) is 4.91. The van der Waals surface area contributed by atoms with Gasteiger partial charge >= 0.3 is 5.97 Å². The summed E-state index contributed by atoms with van der Waals surface area (Å²) in [6.07, 6.45) is 0. The van der Waals surface area contributed by atoms with Gasteiger partial charge in [0.1, 0.15) is 5.65 Å². The van der Waals surface area contributed by atoms with Crippen molar-refractivity contribution in [2.24, 2.45) is 0 Å². The third-order valence-electron chi connectivity index (χ3n) is 3.49. The van der Waals surface area contributed by atoms with E-state index in [1.54, 1.807) is 18.2 Å². The van der Waals surface area contributed by atoms with Crippen LogP contribution in [0.1, 0.15) is 16.1 Å². The molecule has 0 saturated carbocycles. The highest BCUT2D eigenvalue weighted by atomic mass is 32.2. The topological polar surface area (TPSA) is 129 Å². The summed E-state index contributed by atoms with van der Waals surface area (Å²) >= 11 is 0. The summed E-state index contributed by atoms with van der Waals surface area (Å²) in [5.41, 5.74) is 0.505. The highest BCUT2D eigenvalue weighted by molar-refractivity contribution is 7.89. The number of benzene rings is 1. The SMILES string of the molecule is O=C(O)c1ccc(S(=O)(=O)NCc2ccc3ccc(=O)[nH]c3n2)cc1. The molecule has 1 aromatic carbocycles. The first-order chi connectivity index (χ1) is 11.8. The van der Waals surface area contributed by atoms with E-state index in [0.29, 0.717) is 11.3 Å². The molecule has 128 valence electrons. The monoisotopic (exact) mass is 359 g/mol. The molecule has 0 spiro atoms.